The third kappa shape index (κ3) is 6.11. The Kier molecular flexibility index (Phi) is 10.6. The third-order valence-electron chi connectivity index (χ3n) is 10.2. The van der Waals surface area contributed by atoms with Gasteiger partial charge in [0.2, 0.25) is 0 Å². The number of aromatic nitrogens is 2. The number of para-hydroxylation sites is 2. The molecule has 0 N–H and O–H groups in total. The molecule has 0 saturated heterocycles. The van der Waals surface area contributed by atoms with Crippen LogP contribution in [-0.4, -0.2) is 132 Å². The zero-order chi connectivity index (χ0) is 40.7. The molecule has 1 aromatic heterocycles. The summed E-state index contributed by atoms with van der Waals surface area (Å²) in [5.74, 6) is 0.334. The van der Waals surface area contributed by atoms with Crippen molar-refractivity contribution in [2.24, 2.45) is 0 Å². The molecule has 29 radical (unpaired) electrons. The Morgan fingerprint density at radius 1 is 0.500 bits per heavy atom. The third-order valence-corrected chi connectivity index (χ3v) is 10.2. The van der Waals surface area contributed by atoms with Crippen molar-refractivity contribution in [3.05, 3.63) is 88.7 Å². The van der Waals surface area contributed by atoms with E-state index in [2.05, 4.69) is 0 Å². The quantitative estimate of drug-likeness (QED) is 0.0992. The molecule has 0 aliphatic rings. The number of benzene rings is 6. The molecule has 0 fully saturated rings. The number of rotatable bonds is 6. The summed E-state index contributed by atoms with van der Waals surface area (Å²) in [6.45, 7) is 1.62. The number of hydrogen-bond donors (Lipinski definition) is 0. The fraction of sp³-hybridized carbons (Fsp3) is 0.0256. The van der Waals surface area contributed by atoms with Gasteiger partial charge in [-0.05, 0) is 0 Å². The number of nitrogens with zero attached hydrogens (tertiary/aromatic N) is 2. The van der Waals surface area contributed by atoms with E-state index in [0.29, 0.717) is 66.3 Å². The summed E-state index contributed by atoms with van der Waals surface area (Å²) >= 11 is 0. The Bertz CT molecular complexity index is 2880. The molecule has 1 heterocycles. The Morgan fingerprint density at radius 3 is 1.54 bits per heavy atom. The number of imidazole rings is 1. The van der Waals surface area contributed by atoms with Gasteiger partial charge in [0.05, 0.1) is 0 Å². The summed E-state index contributed by atoms with van der Waals surface area (Å²) in [4.78, 5) is 4.96. The van der Waals surface area contributed by atoms with Crippen molar-refractivity contribution in [1.82, 2.24) is 9.55 Å². The van der Waals surface area contributed by atoms with Crippen LogP contribution in [0.4, 0.5) is 0 Å². The molecule has 2 nitrogen and oxygen atoms in total. The summed E-state index contributed by atoms with van der Waals surface area (Å²) in [5.41, 5.74) is 5.21. The van der Waals surface area contributed by atoms with Gasteiger partial charge in [0.25, 0.3) is 0 Å². The second-order valence-corrected chi connectivity index (χ2v) is 13.5. The van der Waals surface area contributed by atoms with Crippen LogP contribution in [-0.2, 0) is 0 Å². The van der Waals surface area contributed by atoms with E-state index in [0.717, 1.165) is 0 Å². The van der Waals surface area contributed by atoms with E-state index < -0.39 is 0 Å². The predicted octanol–water partition coefficient (Wildman–Crippen LogP) is -4.48. The van der Waals surface area contributed by atoms with E-state index in [9.17, 15) is 0 Å². The number of fused-ring (bicyclic) bond motifs is 3. The van der Waals surface area contributed by atoms with E-state index in [1.807, 2.05) is 71.3 Å². The molecule has 56 heavy (non-hydrogen) atoms. The number of allylic oxidation sites excluding steroid dienone is 4. The molecule has 0 saturated carbocycles. The molecule has 6 aromatic carbocycles. The standard InChI is InChI=1S/C39H14B15N2/c1-13(40)26(41)29(44)24(38(53)54)22-16-7-3-2-6-15(16)21(23-27(42)32(47)36(51)33(48)28(23)43)17-11-10-14(12-18(17)22)56-20-9-5-4-8-19(20)55-39(56)25-30(45)34(49)37(52)35(50)31(25)46/h2-12H,1H3/b26-13-,29-24+. The maximum atomic E-state index is 6.78. The van der Waals surface area contributed by atoms with Crippen molar-refractivity contribution in [2.75, 3.05) is 0 Å². The zero-order valence-electron chi connectivity index (χ0n) is 30.4. The van der Waals surface area contributed by atoms with Gasteiger partial charge in [-0.15, -0.1) is 0 Å². The first-order chi connectivity index (χ1) is 26.5. The van der Waals surface area contributed by atoms with Gasteiger partial charge in [-0.1, -0.05) is 0 Å². The minimum absolute atomic E-state index is 0.0525. The summed E-state index contributed by atoms with van der Waals surface area (Å²) in [6, 6.07) is 20.6. The van der Waals surface area contributed by atoms with E-state index in [1.54, 1.807) is 6.92 Å². The first-order valence-electron chi connectivity index (χ1n) is 17.1. The van der Waals surface area contributed by atoms with Crippen LogP contribution in [0.15, 0.2) is 83.1 Å². The average molecular weight is 673 g/mol. The van der Waals surface area contributed by atoms with Gasteiger partial charge in [0.15, 0.2) is 0 Å². The van der Waals surface area contributed by atoms with Gasteiger partial charge < -0.3 is 0 Å². The molecule has 7 aromatic rings. The second-order valence-electron chi connectivity index (χ2n) is 13.5. The van der Waals surface area contributed by atoms with E-state index in [1.165, 1.54) is 0 Å². The van der Waals surface area contributed by atoms with Crippen molar-refractivity contribution in [3.8, 4) is 28.2 Å². The molecule has 0 aliphatic carbocycles. The second kappa shape index (κ2) is 14.9. The van der Waals surface area contributed by atoms with Gasteiger partial charge in [0, 0.05) is 0 Å². The van der Waals surface area contributed by atoms with E-state index >= 15 is 0 Å². The predicted molar refractivity (Wildman–Crippen MR) is 254 cm³/mol. The van der Waals surface area contributed by atoms with Gasteiger partial charge in [0.1, 0.15) is 7.85 Å². The normalized spacial score (nSPS) is 12.6. The zero-order valence-corrected chi connectivity index (χ0v) is 30.4. The van der Waals surface area contributed by atoms with Crippen LogP contribution in [0.3, 0.4) is 0 Å². The fourth-order valence-electron chi connectivity index (χ4n) is 7.29. The fourth-order valence-corrected chi connectivity index (χ4v) is 7.29. The topological polar surface area (TPSA) is 17.8 Å². The molecule has 0 bridgehead atoms. The molecule has 0 atom stereocenters. The van der Waals surface area contributed by atoms with E-state index in [4.69, 9.17) is 122 Å². The maximum absolute atomic E-state index is 6.78. The summed E-state index contributed by atoms with van der Waals surface area (Å²) in [7, 11) is 97.1. The van der Waals surface area contributed by atoms with Crippen LogP contribution >= 0.6 is 0 Å². The Labute approximate surface area is 347 Å². The van der Waals surface area contributed by atoms with Crippen LogP contribution in [0.25, 0.3) is 66.4 Å². The van der Waals surface area contributed by atoms with Crippen LogP contribution in [0.5, 0.6) is 0 Å². The molecule has 17 heteroatoms. The molecule has 0 unspecified atom stereocenters. The minimum atomic E-state index is -0.126. The van der Waals surface area contributed by atoms with Crippen LogP contribution in [0, 0.1) is 0 Å². The Morgan fingerprint density at radius 2 is 0.982 bits per heavy atom. The van der Waals surface area contributed by atoms with Crippen LogP contribution in [0.2, 0.25) is 0 Å². The van der Waals surface area contributed by atoms with Crippen LogP contribution in [0.1, 0.15) is 12.5 Å². The molecule has 0 aliphatic heterocycles. The van der Waals surface area contributed by atoms with Gasteiger partial charge in [-0.25, -0.2) is 0 Å². The summed E-state index contributed by atoms with van der Waals surface area (Å²) in [6.07, 6.45) is 0. The molecule has 0 amide bonds. The van der Waals surface area contributed by atoms with Gasteiger partial charge in [-0.2, -0.15) is 0 Å². The van der Waals surface area contributed by atoms with Gasteiger partial charge >= 0.3 is 341 Å². The van der Waals surface area contributed by atoms with Crippen molar-refractivity contribution in [2.45, 2.75) is 6.92 Å². The number of hydrogen-bond acceptors (Lipinski definition) is 1. The molecule has 225 valence electrons. The van der Waals surface area contributed by atoms with Gasteiger partial charge in [-0.3, -0.25) is 0 Å². The van der Waals surface area contributed by atoms with Crippen molar-refractivity contribution < 1.29 is 0 Å². The van der Waals surface area contributed by atoms with Crippen LogP contribution < -0.4 is 54.6 Å². The van der Waals surface area contributed by atoms with Crippen molar-refractivity contribution in [1.29, 1.82) is 0 Å². The molecule has 7 rings (SSSR count). The van der Waals surface area contributed by atoms with Crippen molar-refractivity contribution >= 4 is 215 Å². The Hall–Kier alpha value is -4.37. The first kappa shape index (κ1) is 39.9. The molecular weight excluding hydrogens is 659 g/mol. The first-order valence-corrected chi connectivity index (χ1v) is 17.1. The van der Waals surface area contributed by atoms with E-state index in [-0.39, 0.29) is 82.0 Å². The average Bonchev–Trinajstić information content (AvgIpc) is 3.56. The van der Waals surface area contributed by atoms with Crippen molar-refractivity contribution in [3.63, 3.8) is 0 Å². The summed E-state index contributed by atoms with van der Waals surface area (Å²) in [5, 5.41) is 2.37. The monoisotopic (exact) mass is 675 g/mol. The summed E-state index contributed by atoms with van der Waals surface area (Å²) < 4.78 is 1.87. The SMILES string of the molecule is [B]C(=[B])/C(=C([B])\C([B])=C(\[B])C)c1c2ccccc2c(-c2c([B])c([B])c([B])c([B])c2[B])c2ccc(-n3c(-c4c([B])c([B])c([B])c([B])c4[B])nc4ccccc43)cc12. The Balaban J connectivity index is 1.74. The molecular formula is C39H14B15N2. The molecule has 0 spiro atoms.